The number of pyridine rings is 2. The largest absolute Gasteiger partial charge is 0.355 e. The molecule has 2 aliphatic heterocycles. The van der Waals surface area contributed by atoms with Gasteiger partial charge >= 0.3 is 0 Å². The van der Waals surface area contributed by atoms with E-state index in [9.17, 15) is 0 Å². The van der Waals surface area contributed by atoms with E-state index in [0.29, 0.717) is 17.6 Å². The van der Waals surface area contributed by atoms with E-state index in [-0.39, 0.29) is 0 Å². The lowest BCUT2D eigenvalue weighted by atomic mass is 9.91. The molecule has 1 N–H and O–H groups in total. The molecule has 162 valence electrons. The van der Waals surface area contributed by atoms with Gasteiger partial charge < -0.3 is 10.2 Å². The lowest BCUT2D eigenvalue weighted by Crippen LogP contribution is -2.53. The zero-order valence-electron chi connectivity index (χ0n) is 18.6. The molecule has 6 heteroatoms. The molecule has 1 spiro atoms. The van der Waals surface area contributed by atoms with Gasteiger partial charge in [-0.15, -0.1) is 0 Å². The van der Waals surface area contributed by atoms with Crippen molar-refractivity contribution in [3.05, 3.63) is 59.7 Å². The summed E-state index contributed by atoms with van der Waals surface area (Å²) in [6.45, 7) is 5.40. The summed E-state index contributed by atoms with van der Waals surface area (Å²) in [5.41, 5.74) is 5.10. The van der Waals surface area contributed by atoms with Gasteiger partial charge in [0.25, 0.3) is 0 Å². The molecule has 6 rings (SSSR count). The first kappa shape index (κ1) is 19.3. The average Bonchev–Trinajstić information content (AvgIpc) is 3.37. The molecule has 1 aliphatic carbocycles. The van der Waals surface area contributed by atoms with Gasteiger partial charge in [0.05, 0.1) is 23.5 Å². The first-order chi connectivity index (χ1) is 15.1. The molecule has 3 aromatic heterocycles. The van der Waals surface area contributed by atoms with Crippen LogP contribution in [0.5, 0.6) is 0 Å². The summed E-state index contributed by atoms with van der Waals surface area (Å²) < 4.78 is 2.32. The Bertz CT molecular complexity index is 1100. The smallest absolute Gasteiger partial charge is 0.138 e. The fourth-order valence-electron chi connectivity index (χ4n) is 5.73. The molecule has 0 bridgehead atoms. The molecule has 0 aromatic carbocycles. The van der Waals surface area contributed by atoms with E-state index in [0.717, 1.165) is 38.1 Å². The molecule has 2 saturated heterocycles. The number of imidazole rings is 1. The average molecular weight is 417 g/mol. The monoisotopic (exact) mass is 416 g/mol. The molecule has 3 aliphatic rings. The predicted molar refractivity (Wildman–Crippen MR) is 123 cm³/mol. The molecule has 2 atom stereocenters. The Labute approximate surface area is 184 Å². The highest BCUT2D eigenvalue weighted by atomic mass is 15.3. The van der Waals surface area contributed by atoms with E-state index in [1.54, 1.807) is 0 Å². The zero-order chi connectivity index (χ0) is 21.0. The molecule has 31 heavy (non-hydrogen) atoms. The summed E-state index contributed by atoms with van der Waals surface area (Å²) >= 11 is 0. The second kappa shape index (κ2) is 7.31. The quantitative estimate of drug-likeness (QED) is 0.702. The number of hydrogen-bond donors (Lipinski definition) is 1. The summed E-state index contributed by atoms with van der Waals surface area (Å²) in [6, 6.07) is 11.4. The summed E-state index contributed by atoms with van der Waals surface area (Å²) in [7, 11) is 2.25. The van der Waals surface area contributed by atoms with Crippen molar-refractivity contribution in [2.45, 2.75) is 56.7 Å². The Morgan fingerprint density at radius 3 is 2.81 bits per heavy atom. The van der Waals surface area contributed by atoms with Crippen LogP contribution in [-0.4, -0.2) is 51.5 Å². The Morgan fingerprint density at radius 2 is 1.97 bits per heavy atom. The summed E-state index contributed by atoms with van der Waals surface area (Å²) in [5, 5.41) is 3.73. The van der Waals surface area contributed by atoms with Crippen LogP contribution in [0.25, 0.3) is 5.65 Å². The number of nitrogens with zero attached hydrogens (tertiary/aromatic N) is 5. The second-order valence-corrected chi connectivity index (χ2v) is 9.74. The molecular formula is C25H32N6. The van der Waals surface area contributed by atoms with Gasteiger partial charge in [-0.25, -0.2) is 4.98 Å². The Hall–Kier alpha value is -2.44. The third-order valence-electron chi connectivity index (χ3n) is 7.69. The van der Waals surface area contributed by atoms with Crippen molar-refractivity contribution in [1.82, 2.24) is 24.6 Å². The van der Waals surface area contributed by atoms with E-state index in [1.165, 1.54) is 42.0 Å². The molecule has 3 aromatic rings. The minimum Gasteiger partial charge on any atom is -0.355 e. The number of rotatable bonds is 3. The minimum atomic E-state index is 0.325. The van der Waals surface area contributed by atoms with E-state index in [1.807, 2.05) is 12.3 Å². The molecule has 0 unspecified atom stereocenters. The summed E-state index contributed by atoms with van der Waals surface area (Å²) in [5.74, 6) is 1.28. The maximum absolute atomic E-state index is 5.10. The molecular weight excluding hydrogens is 384 g/mol. The van der Waals surface area contributed by atoms with Crippen molar-refractivity contribution >= 4 is 11.5 Å². The highest BCUT2D eigenvalue weighted by Crippen LogP contribution is 2.41. The van der Waals surface area contributed by atoms with Crippen molar-refractivity contribution in [1.29, 1.82) is 0 Å². The molecule has 1 saturated carbocycles. The molecule has 0 amide bonds. The first-order valence-electron chi connectivity index (χ1n) is 11.8. The number of hydrogen-bond acceptors (Lipinski definition) is 5. The molecule has 3 fully saturated rings. The Morgan fingerprint density at radius 1 is 1.10 bits per heavy atom. The third-order valence-corrected chi connectivity index (χ3v) is 7.69. The van der Waals surface area contributed by atoms with Crippen LogP contribution >= 0.6 is 0 Å². The molecule has 5 heterocycles. The highest BCUT2D eigenvalue weighted by Gasteiger charge is 2.45. The topological polar surface area (TPSA) is 48.7 Å². The third kappa shape index (κ3) is 3.33. The number of aromatic nitrogens is 3. The fraction of sp³-hybridized carbons (Fsp3) is 0.520. The van der Waals surface area contributed by atoms with Crippen molar-refractivity contribution < 1.29 is 0 Å². The van der Waals surface area contributed by atoms with E-state index >= 15 is 0 Å². The number of fused-ring (bicyclic) bond motifs is 1. The fourth-order valence-corrected chi connectivity index (χ4v) is 5.73. The number of anilines is 1. The zero-order valence-corrected chi connectivity index (χ0v) is 18.6. The molecule has 6 nitrogen and oxygen atoms in total. The van der Waals surface area contributed by atoms with Gasteiger partial charge in [-0.05, 0) is 69.8 Å². The standard InChI is InChI=1S/C25H32N6/c1-18-6-5-13-26-24(18)21-8-3-7-20(29(21)2)19-16-31-22(28-19)9-4-10-23(31)30-15-14-27-25(17-30)11-12-25/h4-6,9-10,13,16,20-21,27H,3,7-8,11-12,14-15,17H2,1-2H3/t20-,21+/m1/s1. The number of piperazine rings is 1. The number of aryl methyl sites for hydroxylation is 1. The SMILES string of the molecule is Cc1cccnc1[C@@H]1CCC[C@H](c2cn3c(N4CCNC5(CC5)C4)cccc3n2)N1C. The van der Waals surface area contributed by atoms with Crippen LogP contribution in [-0.2, 0) is 0 Å². The van der Waals surface area contributed by atoms with Crippen LogP contribution in [0, 0.1) is 6.92 Å². The Balaban J connectivity index is 1.32. The normalized spacial score (nSPS) is 25.9. The first-order valence-corrected chi connectivity index (χ1v) is 11.8. The van der Waals surface area contributed by atoms with Crippen LogP contribution in [0.3, 0.4) is 0 Å². The van der Waals surface area contributed by atoms with Gasteiger partial charge in [0, 0.05) is 37.6 Å². The van der Waals surface area contributed by atoms with Crippen LogP contribution in [0.15, 0.2) is 42.7 Å². The lowest BCUT2D eigenvalue weighted by molar-refractivity contribution is 0.109. The molecule has 0 radical (unpaired) electrons. The van der Waals surface area contributed by atoms with Crippen LogP contribution in [0.1, 0.15) is 61.1 Å². The van der Waals surface area contributed by atoms with Gasteiger partial charge in [-0.1, -0.05) is 12.1 Å². The van der Waals surface area contributed by atoms with Gasteiger partial charge in [0.1, 0.15) is 11.5 Å². The summed E-state index contributed by atoms with van der Waals surface area (Å²) in [6.07, 6.45) is 10.3. The predicted octanol–water partition coefficient (Wildman–Crippen LogP) is 3.88. The van der Waals surface area contributed by atoms with Gasteiger partial charge in [-0.3, -0.25) is 14.3 Å². The van der Waals surface area contributed by atoms with Crippen molar-refractivity contribution in [3.63, 3.8) is 0 Å². The van der Waals surface area contributed by atoms with Crippen molar-refractivity contribution in [2.24, 2.45) is 0 Å². The van der Waals surface area contributed by atoms with Gasteiger partial charge in [0.2, 0.25) is 0 Å². The number of piperidine rings is 1. The van der Waals surface area contributed by atoms with E-state index in [4.69, 9.17) is 9.97 Å². The van der Waals surface area contributed by atoms with Crippen molar-refractivity contribution in [2.75, 3.05) is 31.6 Å². The second-order valence-electron chi connectivity index (χ2n) is 9.74. The van der Waals surface area contributed by atoms with Crippen molar-refractivity contribution in [3.8, 4) is 0 Å². The van der Waals surface area contributed by atoms with E-state index < -0.39 is 0 Å². The van der Waals surface area contributed by atoms with Gasteiger partial charge in [0.15, 0.2) is 0 Å². The van der Waals surface area contributed by atoms with Crippen LogP contribution in [0.2, 0.25) is 0 Å². The van der Waals surface area contributed by atoms with Crippen LogP contribution < -0.4 is 10.2 Å². The maximum Gasteiger partial charge on any atom is 0.138 e. The summed E-state index contributed by atoms with van der Waals surface area (Å²) in [4.78, 5) is 14.9. The van der Waals surface area contributed by atoms with Gasteiger partial charge in [-0.2, -0.15) is 0 Å². The van der Waals surface area contributed by atoms with E-state index in [2.05, 4.69) is 64.0 Å². The number of likely N-dealkylation sites (tertiary alicyclic amines) is 1. The maximum atomic E-state index is 5.10. The Kier molecular flexibility index (Phi) is 4.54. The lowest BCUT2D eigenvalue weighted by Gasteiger charge is -2.39. The minimum absolute atomic E-state index is 0.325. The highest BCUT2D eigenvalue weighted by molar-refractivity contribution is 5.54. The van der Waals surface area contributed by atoms with Crippen LogP contribution in [0.4, 0.5) is 5.82 Å². The number of nitrogens with one attached hydrogen (secondary N) is 1.